The minimum atomic E-state index is -0.996. The van der Waals surface area contributed by atoms with Gasteiger partial charge in [0.1, 0.15) is 0 Å². The largest absolute Gasteiger partial charge is 0.398 e. The van der Waals surface area contributed by atoms with Crippen molar-refractivity contribution in [2.75, 3.05) is 18.1 Å². The van der Waals surface area contributed by atoms with Crippen LogP contribution in [0.25, 0.3) is 0 Å². The zero-order valence-corrected chi connectivity index (χ0v) is 10.0. The zero-order chi connectivity index (χ0) is 11.4. The van der Waals surface area contributed by atoms with Crippen molar-refractivity contribution < 1.29 is 8.95 Å². The van der Waals surface area contributed by atoms with E-state index in [2.05, 4.69) is 0 Å². The molecule has 1 aromatic rings. The van der Waals surface area contributed by atoms with E-state index < -0.39 is 10.8 Å². The van der Waals surface area contributed by atoms with Crippen molar-refractivity contribution in [3.05, 3.63) is 24.3 Å². The van der Waals surface area contributed by atoms with Crippen molar-refractivity contribution >= 4 is 16.5 Å². The smallest absolute Gasteiger partial charge is 0.0617 e. The van der Waals surface area contributed by atoms with E-state index in [1.807, 2.05) is 18.2 Å². The maximum Gasteiger partial charge on any atom is 0.0617 e. The maximum absolute atomic E-state index is 12.0. The fourth-order valence-electron chi connectivity index (χ4n) is 1.91. The number of hydrogen-bond donors (Lipinski definition) is 1. The van der Waals surface area contributed by atoms with Crippen LogP contribution in [-0.4, -0.2) is 22.7 Å². The van der Waals surface area contributed by atoms with Crippen LogP contribution in [0.2, 0.25) is 0 Å². The minimum Gasteiger partial charge on any atom is -0.398 e. The van der Waals surface area contributed by atoms with E-state index in [9.17, 15) is 4.21 Å². The average Bonchev–Trinajstić information content (AvgIpc) is 2.79. The van der Waals surface area contributed by atoms with Crippen LogP contribution in [-0.2, 0) is 15.5 Å². The first-order valence-electron chi connectivity index (χ1n) is 5.62. The third kappa shape index (κ3) is 2.83. The first-order chi connectivity index (χ1) is 7.77. The Morgan fingerprint density at radius 3 is 2.94 bits per heavy atom. The highest BCUT2D eigenvalue weighted by Crippen LogP contribution is 2.19. The summed E-state index contributed by atoms with van der Waals surface area (Å²) in [6.45, 7) is 0.852. The minimum absolute atomic E-state index is 0.300. The van der Waals surface area contributed by atoms with E-state index in [0.717, 1.165) is 30.8 Å². The fourth-order valence-corrected chi connectivity index (χ4v) is 3.17. The van der Waals surface area contributed by atoms with Gasteiger partial charge in [-0.1, -0.05) is 12.1 Å². The summed E-state index contributed by atoms with van der Waals surface area (Å²) in [6, 6.07) is 7.35. The van der Waals surface area contributed by atoms with E-state index in [0.29, 0.717) is 17.5 Å². The molecule has 1 aromatic carbocycles. The van der Waals surface area contributed by atoms with Gasteiger partial charge in [0.15, 0.2) is 0 Å². The lowest BCUT2D eigenvalue weighted by Crippen LogP contribution is -2.11. The molecule has 2 unspecified atom stereocenters. The molecule has 1 fully saturated rings. The average molecular weight is 239 g/mol. The molecule has 1 heterocycles. The number of para-hydroxylation sites is 1. The molecule has 0 radical (unpaired) electrons. The molecule has 4 heteroatoms. The third-order valence-electron chi connectivity index (χ3n) is 2.81. The predicted octanol–water partition coefficient (Wildman–Crippen LogP) is 1.95. The first-order valence-corrected chi connectivity index (χ1v) is 6.94. The van der Waals surface area contributed by atoms with E-state index in [-0.39, 0.29) is 0 Å². The van der Waals surface area contributed by atoms with Crippen molar-refractivity contribution in [3.8, 4) is 0 Å². The molecule has 1 aliphatic rings. The number of hydrogen-bond acceptors (Lipinski definition) is 3. The molecular formula is C12H17NO2S. The third-order valence-corrected chi connectivity index (χ3v) is 4.28. The molecule has 0 amide bonds. The molecule has 88 valence electrons. The molecule has 0 aromatic heterocycles. The van der Waals surface area contributed by atoms with Crippen LogP contribution in [0.3, 0.4) is 0 Å². The molecule has 3 nitrogen and oxygen atoms in total. The Hall–Kier alpha value is -0.870. The Balaban J connectivity index is 1.90. The quantitative estimate of drug-likeness (QED) is 0.817. The Kier molecular flexibility index (Phi) is 3.96. The lowest BCUT2D eigenvalue weighted by molar-refractivity contribution is 0.109. The lowest BCUT2D eigenvalue weighted by Gasteiger charge is -2.09. The molecule has 16 heavy (non-hydrogen) atoms. The number of nitrogen functional groups attached to an aromatic ring is 1. The van der Waals surface area contributed by atoms with Crippen molar-refractivity contribution in [2.24, 2.45) is 0 Å². The van der Waals surface area contributed by atoms with Gasteiger partial charge in [-0.25, -0.2) is 0 Å². The second-order valence-electron chi connectivity index (χ2n) is 4.01. The molecular weight excluding hydrogens is 222 g/mol. The molecule has 1 aliphatic heterocycles. The normalized spacial score (nSPS) is 22.1. The highest BCUT2D eigenvalue weighted by molar-refractivity contribution is 7.85. The monoisotopic (exact) mass is 239 g/mol. The van der Waals surface area contributed by atoms with Gasteiger partial charge in [0.2, 0.25) is 0 Å². The second kappa shape index (κ2) is 5.46. The summed E-state index contributed by atoms with van der Waals surface area (Å²) in [5, 5.41) is 0. The Bertz CT molecular complexity index is 375. The van der Waals surface area contributed by atoms with Crippen LogP contribution >= 0.6 is 0 Å². The van der Waals surface area contributed by atoms with E-state index in [4.69, 9.17) is 10.5 Å². The Labute approximate surface area is 98.4 Å². The van der Waals surface area contributed by atoms with Gasteiger partial charge in [0.05, 0.1) is 21.8 Å². The highest BCUT2D eigenvalue weighted by atomic mass is 32.2. The summed E-state index contributed by atoms with van der Waals surface area (Å²) in [5.74, 6) is 0.638. The second-order valence-corrected chi connectivity index (χ2v) is 5.55. The summed E-state index contributed by atoms with van der Waals surface area (Å²) < 4.78 is 17.5. The summed E-state index contributed by atoms with van der Waals surface area (Å²) >= 11 is 0. The summed E-state index contributed by atoms with van der Waals surface area (Å²) in [4.78, 5) is 0.750. The molecule has 0 aliphatic carbocycles. The van der Waals surface area contributed by atoms with Gasteiger partial charge in [0.25, 0.3) is 0 Å². The molecule has 1 saturated heterocycles. The molecule has 0 spiro atoms. The summed E-state index contributed by atoms with van der Waals surface area (Å²) in [7, 11) is -0.996. The summed E-state index contributed by atoms with van der Waals surface area (Å²) in [5.41, 5.74) is 6.40. The summed E-state index contributed by atoms with van der Waals surface area (Å²) in [6.07, 6.45) is 3.39. The highest BCUT2D eigenvalue weighted by Gasteiger charge is 2.17. The van der Waals surface area contributed by atoms with Gasteiger partial charge in [0, 0.05) is 18.0 Å². The molecule has 2 rings (SSSR count). The SMILES string of the molecule is Nc1ccccc1S(=O)CCC1CCCO1. The van der Waals surface area contributed by atoms with Gasteiger partial charge < -0.3 is 10.5 Å². The van der Waals surface area contributed by atoms with Crippen molar-refractivity contribution in [1.29, 1.82) is 0 Å². The molecule has 0 bridgehead atoms. The Morgan fingerprint density at radius 1 is 1.44 bits per heavy atom. The van der Waals surface area contributed by atoms with Crippen molar-refractivity contribution in [1.82, 2.24) is 0 Å². The zero-order valence-electron chi connectivity index (χ0n) is 9.22. The first kappa shape index (κ1) is 11.6. The van der Waals surface area contributed by atoms with Gasteiger partial charge >= 0.3 is 0 Å². The van der Waals surface area contributed by atoms with Gasteiger partial charge in [-0.05, 0) is 31.4 Å². The van der Waals surface area contributed by atoms with E-state index in [1.165, 1.54) is 0 Å². The molecule has 2 N–H and O–H groups in total. The van der Waals surface area contributed by atoms with Crippen LogP contribution in [0.1, 0.15) is 19.3 Å². The number of ether oxygens (including phenoxy) is 1. The number of nitrogens with two attached hydrogens (primary N) is 1. The van der Waals surface area contributed by atoms with E-state index >= 15 is 0 Å². The lowest BCUT2D eigenvalue weighted by atomic mass is 10.2. The fraction of sp³-hybridized carbons (Fsp3) is 0.500. The number of rotatable bonds is 4. The van der Waals surface area contributed by atoms with Gasteiger partial charge in [-0.2, -0.15) is 0 Å². The van der Waals surface area contributed by atoms with Crippen LogP contribution in [0.5, 0.6) is 0 Å². The van der Waals surface area contributed by atoms with E-state index in [1.54, 1.807) is 6.07 Å². The van der Waals surface area contributed by atoms with Crippen LogP contribution in [0, 0.1) is 0 Å². The number of anilines is 1. The molecule has 0 saturated carbocycles. The topological polar surface area (TPSA) is 52.3 Å². The van der Waals surface area contributed by atoms with Crippen LogP contribution in [0.4, 0.5) is 5.69 Å². The van der Waals surface area contributed by atoms with Crippen molar-refractivity contribution in [2.45, 2.75) is 30.3 Å². The van der Waals surface area contributed by atoms with Crippen LogP contribution < -0.4 is 5.73 Å². The Morgan fingerprint density at radius 2 is 2.25 bits per heavy atom. The standard InChI is InChI=1S/C12H17NO2S/c13-11-5-1-2-6-12(11)16(14)9-7-10-4-3-8-15-10/h1-2,5-6,10H,3-4,7-9,13H2. The van der Waals surface area contributed by atoms with Gasteiger partial charge in [-0.15, -0.1) is 0 Å². The maximum atomic E-state index is 12.0. The van der Waals surface area contributed by atoms with Crippen LogP contribution in [0.15, 0.2) is 29.2 Å². The number of benzene rings is 1. The van der Waals surface area contributed by atoms with Gasteiger partial charge in [-0.3, -0.25) is 4.21 Å². The van der Waals surface area contributed by atoms with Crippen molar-refractivity contribution in [3.63, 3.8) is 0 Å². The molecule has 2 atom stereocenters. The predicted molar refractivity (Wildman–Crippen MR) is 65.7 cm³/mol.